The molecule has 0 aromatic carbocycles. The van der Waals surface area contributed by atoms with E-state index >= 15 is 0 Å². The summed E-state index contributed by atoms with van der Waals surface area (Å²) in [4.78, 5) is 23.9. The second kappa shape index (κ2) is 7.31. The molecule has 0 radical (unpaired) electrons. The van der Waals surface area contributed by atoms with E-state index in [1.54, 1.807) is 27.7 Å². The second-order valence-electron chi connectivity index (χ2n) is 5.86. The van der Waals surface area contributed by atoms with Crippen molar-refractivity contribution in [3.8, 4) is 0 Å². The fraction of sp³-hybridized carbons (Fsp3) is 0.733. The van der Waals surface area contributed by atoms with Crippen molar-refractivity contribution in [1.82, 2.24) is 5.32 Å². The molecule has 114 valence electrons. The van der Waals surface area contributed by atoms with Gasteiger partial charge in [-0.1, -0.05) is 6.08 Å². The fourth-order valence-electron chi connectivity index (χ4n) is 2.08. The molecule has 1 unspecified atom stereocenters. The number of allylic oxidation sites excluding steroid dienone is 1. The van der Waals surface area contributed by atoms with E-state index in [2.05, 4.69) is 5.32 Å². The normalized spacial score (nSPS) is 16.9. The molecule has 0 aliphatic heterocycles. The number of carbonyl (C=O) groups is 2. The third-order valence-corrected chi connectivity index (χ3v) is 2.88. The molecule has 0 fully saturated rings. The van der Waals surface area contributed by atoms with Gasteiger partial charge in [-0.05, 0) is 59.0 Å². The Morgan fingerprint density at radius 2 is 2.05 bits per heavy atom. The zero-order chi connectivity index (χ0) is 15.2. The van der Waals surface area contributed by atoms with Crippen LogP contribution in [-0.2, 0) is 14.3 Å². The van der Waals surface area contributed by atoms with Crippen LogP contribution in [0, 0.1) is 0 Å². The van der Waals surface area contributed by atoms with Crippen LogP contribution < -0.4 is 5.32 Å². The smallest absolute Gasteiger partial charge is 0.408 e. The van der Waals surface area contributed by atoms with Gasteiger partial charge in [0.1, 0.15) is 5.60 Å². The molecule has 1 N–H and O–H groups in total. The highest BCUT2D eigenvalue weighted by Crippen LogP contribution is 2.21. The Morgan fingerprint density at radius 1 is 1.35 bits per heavy atom. The van der Waals surface area contributed by atoms with Crippen LogP contribution in [0.1, 0.15) is 53.4 Å². The Kier molecular flexibility index (Phi) is 6.05. The average Bonchev–Trinajstić information content (AvgIpc) is 2.35. The Labute approximate surface area is 120 Å². The lowest BCUT2D eigenvalue weighted by Crippen LogP contribution is -2.45. The SMILES string of the molecule is CCOC(=O)C(NC(=O)OC(C)(C)C)C1=CCCCC1. The number of esters is 1. The van der Waals surface area contributed by atoms with Gasteiger partial charge in [0.15, 0.2) is 6.04 Å². The summed E-state index contributed by atoms with van der Waals surface area (Å²) in [6.07, 6.45) is 5.30. The van der Waals surface area contributed by atoms with Crippen molar-refractivity contribution in [3.63, 3.8) is 0 Å². The van der Waals surface area contributed by atoms with E-state index in [9.17, 15) is 9.59 Å². The molecule has 0 spiro atoms. The molecule has 0 bridgehead atoms. The summed E-state index contributed by atoms with van der Waals surface area (Å²) in [6, 6.07) is -0.731. The topological polar surface area (TPSA) is 64.6 Å². The summed E-state index contributed by atoms with van der Waals surface area (Å²) in [5, 5.41) is 2.62. The fourth-order valence-corrected chi connectivity index (χ4v) is 2.08. The van der Waals surface area contributed by atoms with Gasteiger partial charge in [-0.15, -0.1) is 0 Å². The maximum atomic E-state index is 12.0. The van der Waals surface area contributed by atoms with E-state index in [0.717, 1.165) is 31.3 Å². The van der Waals surface area contributed by atoms with Crippen LogP contribution >= 0.6 is 0 Å². The number of amides is 1. The first-order valence-corrected chi connectivity index (χ1v) is 7.18. The highest BCUT2D eigenvalue weighted by Gasteiger charge is 2.28. The van der Waals surface area contributed by atoms with Gasteiger partial charge in [-0.3, -0.25) is 0 Å². The predicted molar refractivity (Wildman–Crippen MR) is 76.3 cm³/mol. The van der Waals surface area contributed by atoms with E-state index in [4.69, 9.17) is 9.47 Å². The molecule has 5 heteroatoms. The first kappa shape index (κ1) is 16.5. The number of nitrogens with one attached hydrogen (secondary N) is 1. The predicted octanol–water partition coefficient (Wildman–Crippen LogP) is 2.94. The molecule has 1 amide bonds. The zero-order valence-corrected chi connectivity index (χ0v) is 12.8. The summed E-state index contributed by atoms with van der Waals surface area (Å²) in [6.45, 7) is 7.39. The summed E-state index contributed by atoms with van der Waals surface area (Å²) in [5.74, 6) is -0.425. The van der Waals surface area contributed by atoms with Crippen LogP contribution in [0.2, 0.25) is 0 Å². The maximum Gasteiger partial charge on any atom is 0.408 e. The third-order valence-electron chi connectivity index (χ3n) is 2.88. The molecule has 0 aromatic heterocycles. The first-order valence-electron chi connectivity index (χ1n) is 7.18. The van der Waals surface area contributed by atoms with Gasteiger partial charge >= 0.3 is 12.1 Å². The van der Waals surface area contributed by atoms with Crippen LogP contribution in [0.3, 0.4) is 0 Å². The van der Waals surface area contributed by atoms with E-state index in [-0.39, 0.29) is 0 Å². The van der Waals surface area contributed by atoms with Gasteiger partial charge in [-0.2, -0.15) is 0 Å². The number of hydrogen-bond donors (Lipinski definition) is 1. The largest absolute Gasteiger partial charge is 0.464 e. The molecule has 1 rings (SSSR count). The standard InChI is InChI=1S/C15H25NO4/c1-5-19-13(17)12(11-9-7-6-8-10-11)16-14(18)20-15(2,3)4/h9,12H,5-8,10H2,1-4H3,(H,16,18). The molecular weight excluding hydrogens is 258 g/mol. The van der Waals surface area contributed by atoms with Crippen LogP contribution in [0.15, 0.2) is 11.6 Å². The molecule has 0 saturated heterocycles. The summed E-state index contributed by atoms with van der Waals surface area (Å²) < 4.78 is 10.2. The second-order valence-corrected chi connectivity index (χ2v) is 5.86. The lowest BCUT2D eigenvalue weighted by molar-refractivity contribution is -0.144. The molecule has 5 nitrogen and oxygen atoms in total. The molecule has 1 aliphatic rings. The number of hydrogen-bond acceptors (Lipinski definition) is 4. The first-order chi connectivity index (χ1) is 9.33. The van der Waals surface area contributed by atoms with E-state index in [1.165, 1.54) is 0 Å². The lowest BCUT2D eigenvalue weighted by Gasteiger charge is -2.25. The average molecular weight is 283 g/mol. The Balaban J connectivity index is 2.75. The van der Waals surface area contributed by atoms with Crippen molar-refractivity contribution in [3.05, 3.63) is 11.6 Å². The zero-order valence-electron chi connectivity index (χ0n) is 12.8. The summed E-state index contributed by atoms with van der Waals surface area (Å²) in [5.41, 5.74) is 0.324. The summed E-state index contributed by atoms with van der Waals surface area (Å²) in [7, 11) is 0. The number of rotatable bonds is 4. The minimum Gasteiger partial charge on any atom is -0.464 e. The van der Waals surface area contributed by atoms with Gasteiger partial charge < -0.3 is 14.8 Å². The van der Waals surface area contributed by atoms with Crippen molar-refractivity contribution >= 4 is 12.1 Å². The quantitative estimate of drug-likeness (QED) is 0.636. The van der Waals surface area contributed by atoms with Crippen LogP contribution in [0.4, 0.5) is 4.79 Å². The third kappa shape index (κ3) is 5.63. The molecule has 1 atom stereocenters. The van der Waals surface area contributed by atoms with Crippen LogP contribution in [-0.4, -0.2) is 30.3 Å². The molecule has 0 saturated carbocycles. The molecular formula is C15H25NO4. The van der Waals surface area contributed by atoms with Gasteiger partial charge in [0.2, 0.25) is 0 Å². The number of carbonyl (C=O) groups excluding carboxylic acids is 2. The van der Waals surface area contributed by atoms with E-state index in [0.29, 0.717) is 6.61 Å². The molecule has 0 aromatic rings. The van der Waals surface area contributed by atoms with Crippen molar-refractivity contribution in [2.45, 2.75) is 65.0 Å². The Hall–Kier alpha value is -1.52. The number of alkyl carbamates (subject to hydrolysis) is 1. The van der Waals surface area contributed by atoms with Gasteiger partial charge in [-0.25, -0.2) is 9.59 Å². The summed E-state index contributed by atoms with van der Waals surface area (Å²) >= 11 is 0. The van der Waals surface area contributed by atoms with E-state index in [1.807, 2.05) is 6.08 Å². The Morgan fingerprint density at radius 3 is 2.55 bits per heavy atom. The van der Waals surface area contributed by atoms with Crippen molar-refractivity contribution in [2.75, 3.05) is 6.61 Å². The van der Waals surface area contributed by atoms with Gasteiger partial charge in [0.25, 0.3) is 0 Å². The Bertz CT molecular complexity index is 382. The highest BCUT2D eigenvalue weighted by atomic mass is 16.6. The van der Waals surface area contributed by atoms with Gasteiger partial charge in [0, 0.05) is 0 Å². The van der Waals surface area contributed by atoms with Gasteiger partial charge in [0.05, 0.1) is 6.61 Å². The molecule has 1 aliphatic carbocycles. The lowest BCUT2D eigenvalue weighted by atomic mass is 9.94. The van der Waals surface area contributed by atoms with Crippen LogP contribution in [0.5, 0.6) is 0 Å². The maximum absolute atomic E-state index is 12.0. The van der Waals surface area contributed by atoms with Crippen molar-refractivity contribution in [2.24, 2.45) is 0 Å². The molecule has 20 heavy (non-hydrogen) atoms. The van der Waals surface area contributed by atoms with Crippen molar-refractivity contribution < 1.29 is 19.1 Å². The number of ether oxygens (including phenoxy) is 2. The minimum atomic E-state index is -0.731. The highest BCUT2D eigenvalue weighted by molar-refractivity contribution is 5.84. The van der Waals surface area contributed by atoms with Crippen molar-refractivity contribution in [1.29, 1.82) is 0 Å². The molecule has 0 heterocycles. The van der Waals surface area contributed by atoms with Crippen LogP contribution in [0.25, 0.3) is 0 Å². The van der Waals surface area contributed by atoms with E-state index < -0.39 is 23.7 Å². The monoisotopic (exact) mass is 283 g/mol. The minimum absolute atomic E-state index is 0.290.